The molecule has 0 aromatic heterocycles. The van der Waals surface area contributed by atoms with Gasteiger partial charge >= 0.3 is 0 Å². The van der Waals surface area contributed by atoms with Crippen LogP contribution < -0.4 is 14.5 Å². The lowest BCUT2D eigenvalue weighted by Crippen LogP contribution is -2.38. The molecule has 0 bridgehead atoms. The summed E-state index contributed by atoms with van der Waals surface area (Å²) >= 11 is 1.81. The van der Waals surface area contributed by atoms with Crippen LogP contribution in [-0.4, -0.2) is 37.3 Å². The molecular weight excluding hydrogens is 372 g/mol. The lowest BCUT2D eigenvalue weighted by molar-refractivity contribution is -0.124. The van der Waals surface area contributed by atoms with E-state index >= 15 is 0 Å². The Morgan fingerprint density at radius 1 is 1.11 bits per heavy atom. The zero-order valence-electron chi connectivity index (χ0n) is 16.1. The number of hydrogen-bond acceptors (Lipinski definition) is 4. The van der Waals surface area contributed by atoms with Gasteiger partial charge in [0.2, 0.25) is 11.8 Å². The predicted molar refractivity (Wildman–Crippen MR) is 112 cm³/mol. The minimum Gasteiger partial charge on any atom is -0.495 e. The summed E-state index contributed by atoms with van der Waals surface area (Å²) in [6.07, 6.45) is 1.17. The standard InChI is InChI=1S/C22H24N2O3S/c1-15-11-12-23(18-8-4-6-10-20(18)28-15)22(26)16-13-21(25)24(14-16)17-7-3-5-9-19(17)27-2/h3-10,15-16H,11-14H2,1-2H3/t15-,16-/m1/s1. The molecule has 2 heterocycles. The zero-order chi connectivity index (χ0) is 19.7. The van der Waals surface area contributed by atoms with E-state index in [0.717, 1.165) is 22.7 Å². The summed E-state index contributed by atoms with van der Waals surface area (Å²) in [5.74, 6) is 0.305. The second-order valence-electron chi connectivity index (χ2n) is 7.25. The minimum atomic E-state index is -0.344. The van der Waals surface area contributed by atoms with Crippen molar-refractivity contribution in [3.63, 3.8) is 0 Å². The molecule has 2 aliphatic heterocycles. The lowest BCUT2D eigenvalue weighted by Gasteiger charge is -2.25. The van der Waals surface area contributed by atoms with Crippen LogP contribution >= 0.6 is 11.8 Å². The smallest absolute Gasteiger partial charge is 0.232 e. The van der Waals surface area contributed by atoms with E-state index in [-0.39, 0.29) is 24.2 Å². The Bertz CT molecular complexity index is 901. The molecule has 0 spiro atoms. The van der Waals surface area contributed by atoms with Gasteiger partial charge in [-0.25, -0.2) is 0 Å². The fourth-order valence-corrected chi connectivity index (χ4v) is 5.01. The van der Waals surface area contributed by atoms with Gasteiger partial charge in [-0.2, -0.15) is 0 Å². The third-order valence-corrected chi connectivity index (χ3v) is 6.60. The molecule has 146 valence electrons. The van der Waals surface area contributed by atoms with Gasteiger partial charge in [-0.1, -0.05) is 31.2 Å². The molecule has 0 radical (unpaired) electrons. The molecule has 1 fully saturated rings. The molecule has 1 saturated heterocycles. The highest BCUT2D eigenvalue weighted by molar-refractivity contribution is 8.00. The van der Waals surface area contributed by atoms with Crippen molar-refractivity contribution in [3.05, 3.63) is 48.5 Å². The van der Waals surface area contributed by atoms with Crippen LogP contribution in [0.1, 0.15) is 19.8 Å². The molecule has 4 rings (SSSR count). The Labute approximate surface area is 169 Å². The molecule has 2 aliphatic rings. The normalized spacial score (nSPS) is 22.0. The van der Waals surface area contributed by atoms with Crippen LogP contribution in [0.25, 0.3) is 0 Å². The second-order valence-corrected chi connectivity index (χ2v) is 8.73. The van der Waals surface area contributed by atoms with Crippen LogP contribution in [0.15, 0.2) is 53.4 Å². The van der Waals surface area contributed by atoms with Gasteiger partial charge in [-0.15, -0.1) is 11.8 Å². The molecule has 0 saturated carbocycles. The number of ether oxygens (including phenoxy) is 1. The van der Waals surface area contributed by atoms with Crippen molar-refractivity contribution >= 4 is 35.0 Å². The van der Waals surface area contributed by atoms with Gasteiger partial charge < -0.3 is 14.5 Å². The van der Waals surface area contributed by atoms with Crippen LogP contribution in [0.4, 0.5) is 11.4 Å². The first-order chi connectivity index (χ1) is 13.6. The van der Waals surface area contributed by atoms with Crippen molar-refractivity contribution in [2.75, 3.05) is 30.0 Å². The van der Waals surface area contributed by atoms with E-state index in [0.29, 0.717) is 24.1 Å². The minimum absolute atomic E-state index is 0.0336. The van der Waals surface area contributed by atoms with Crippen LogP contribution in [0, 0.1) is 5.92 Å². The molecule has 5 nitrogen and oxygen atoms in total. The van der Waals surface area contributed by atoms with Crippen LogP contribution in [0.3, 0.4) is 0 Å². The number of rotatable bonds is 3. The quantitative estimate of drug-likeness (QED) is 0.788. The number of anilines is 2. The summed E-state index contributed by atoms with van der Waals surface area (Å²) < 4.78 is 5.40. The Morgan fingerprint density at radius 2 is 1.82 bits per heavy atom. The Balaban J connectivity index is 1.59. The molecule has 0 unspecified atom stereocenters. The van der Waals surface area contributed by atoms with E-state index in [1.165, 1.54) is 0 Å². The van der Waals surface area contributed by atoms with Crippen molar-refractivity contribution in [1.29, 1.82) is 0 Å². The molecule has 0 aliphatic carbocycles. The van der Waals surface area contributed by atoms with Gasteiger partial charge in [0.15, 0.2) is 0 Å². The molecule has 2 amide bonds. The van der Waals surface area contributed by atoms with E-state index < -0.39 is 0 Å². The molecule has 28 heavy (non-hydrogen) atoms. The molecule has 2 atom stereocenters. The fraction of sp³-hybridized carbons (Fsp3) is 0.364. The molecular formula is C22H24N2O3S. The first-order valence-corrected chi connectivity index (χ1v) is 10.5. The number of fused-ring (bicyclic) bond motifs is 1. The number of thioether (sulfide) groups is 1. The number of benzene rings is 2. The monoisotopic (exact) mass is 396 g/mol. The third-order valence-electron chi connectivity index (χ3n) is 5.36. The third kappa shape index (κ3) is 3.49. The number of hydrogen-bond donors (Lipinski definition) is 0. The van der Waals surface area contributed by atoms with Crippen LogP contribution in [0.2, 0.25) is 0 Å². The highest BCUT2D eigenvalue weighted by atomic mass is 32.2. The Morgan fingerprint density at radius 3 is 2.61 bits per heavy atom. The van der Waals surface area contributed by atoms with Gasteiger partial charge in [0.1, 0.15) is 5.75 Å². The summed E-state index contributed by atoms with van der Waals surface area (Å²) in [5.41, 5.74) is 1.69. The summed E-state index contributed by atoms with van der Waals surface area (Å²) in [6.45, 7) is 3.26. The first-order valence-electron chi connectivity index (χ1n) is 9.59. The van der Waals surface area contributed by atoms with E-state index in [1.807, 2.05) is 59.1 Å². The van der Waals surface area contributed by atoms with Gasteiger partial charge in [0.25, 0.3) is 0 Å². The highest BCUT2D eigenvalue weighted by Crippen LogP contribution is 2.39. The molecule has 2 aromatic carbocycles. The topological polar surface area (TPSA) is 49.9 Å². The number of para-hydroxylation sites is 3. The van der Waals surface area contributed by atoms with Crippen molar-refractivity contribution in [2.45, 2.75) is 29.9 Å². The number of carbonyl (C=O) groups is 2. The largest absolute Gasteiger partial charge is 0.495 e. The van der Waals surface area contributed by atoms with Crippen molar-refractivity contribution in [1.82, 2.24) is 0 Å². The van der Waals surface area contributed by atoms with E-state index in [4.69, 9.17) is 4.74 Å². The maximum Gasteiger partial charge on any atom is 0.232 e. The lowest BCUT2D eigenvalue weighted by atomic mass is 10.1. The Kier molecular flexibility index (Phi) is 5.31. The van der Waals surface area contributed by atoms with E-state index in [9.17, 15) is 9.59 Å². The van der Waals surface area contributed by atoms with Gasteiger partial charge in [0, 0.05) is 29.7 Å². The van der Waals surface area contributed by atoms with Gasteiger partial charge in [0.05, 0.1) is 24.4 Å². The van der Waals surface area contributed by atoms with Crippen molar-refractivity contribution < 1.29 is 14.3 Å². The average Bonchev–Trinajstić information content (AvgIpc) is 3.01. The highest BCUT2D eigenvalue weighted by Gasteiger charge is 2.39. The second kappa shape index (κ2) is 7.87. The molecule has 6 heteroatoms. The van der Waals surface area contributed by atoms with Crippen molar-refractivity contribution in [3.8, 4) is 5.75 Å². The van der Waals surface area contributed by atoms with Crippen LogP contribution in [-0.2, 0) is 9.59 Å². The van der Waals surface area contributed by atoms with Crippen LogP contribution in [0.5, 0.6) is 5.75 Å². The average molecular weight is 397 g/mol. The number of methoxy groups -OCH3 is 1. The Hall–Kier alpha value is -2.47. The SMILES string of the molecule is COc1ccccc1N1C[C@H](C(=O)N2CC[C@@H](C)Sc3ccccc32)CC1=O. The summed E-state index contributed by atoms with van der Waals surface area (Å²) in [4.78, 5) is 30.8. The number of amides is 2. The van der Waals surface area contributed by atoms with E-state index in [2.05, 4.69) is 13.0 Å². The van der Waals surface area contributed by atoms with E-state index in [1.54, 1.807) is 12.0 Å². The number of nitrogens with zero attached hydrogens (tertiary/aromatic N) is 2. The number of carbonyl (C=O) groups excluding carboxylic acids is 2. The van der Waals surface area contributed by atoms with Crippen molar-refractivity contribution in [2.24, 2.45) is 5.92 Å². The summed E-state index contributed by atoms with van der Waals surface area (Å²) in [6, 6.07) is 15.5. The summed E-state index contributed by atoms with van der Waals surface area (Å²) in [7, 11) is 1.59. The maximum absolute atomic E-state index is 13.4. The summed E-state index contributed by atoms with van der Waals surface area (Å²) in [5, 5.41) is 0.453. The first kappa shape index (κ1) is 18.9. The zero-order valence-corrected chi connectivity index (χ0v) is 16.9. The molecule has 2 aromatic rings. The van der Waals surface area contributed by atoms with Gasteiger partial charge in [-0.3, -0.25) is 9.59 Å². The molecule has 0 N–H and O–H groups in total. The fourth-order valence-electron chi connectivity index (χ4n) is 3.89. The van der Waals surface area contributed by atoms with Gasteiger partial charge in [-0.05, 0) is 30.7 Å². The predicted octanol–water partition coefficient (Wildman–Crippen LogP) is 3.97. The maximum atomic E-state index is 13.4.